The van der Waals surface area contributed by atoms with Crippen LogP contribution >= 0.6 is 0 Å². The minimum Gasteiger partial charge on any atom is -0.325 e. The summed E-state index contributed by atoms with van der Waals surface area (Å²) in [5, 5.41) is 6.40. The summed E-state index contributed by atoms with van der Waals surface area (Å²) in [6, 6.07) is 8.52. The molecule has 1 amide bonds. The molecule has 0 unspecified atom stereocenters. The van der Waals surface area contributed by atoms with Gasteiger partial charge < -0.3 is 10.6 Å². The van der Waals surface area contributed by atoms with Gasteiger partial charge in [0.2, 0.25) is 5.91 Å². The van der Waals surface area contributed by atoms with E-state index in [9.17, 15) is 4.79 Å². The van der Waals surface area contributed by atoms with Gasteiger partial charge in [-0.2, -0.15) is 0 Å². The number of aryl methyl sites for hydroxylation is 1. The van der Waals surface area contributed by atoms with Crippen LogP contribution in [0, 0.1) is 18.8 Å². The third-order valence-corrected chi connectivity index (χ3v) is 4.09. The van der Waals surface area contributed by atoms with Crippen LogP contribution in [0.15, 0.2) is 24.3 Å². The van der Waals surface area contributed by atoms with Gasteiger partial charge in [-0.1, -0.05) is 17.7 Å². The van der Waals surface area contributed by atoms with E-state index in [2.05, 4.69) is 10.6 Å². The molecule has 0 spiro atoms. The van der Waals surface area contributed by atoms with E-state index < -0.39 is 0 Å². The number of nitrogens with one attached hydrogen (secondary N) is 2. The predicted molar refractivity (Wildman–Crippen MR) is 77.0 cm³/mol. The molecule has 2 saturated carbocycles. The Labute approximate surface area is 114 Å². The van der Waals surface area contributed by atoms with E-state index in [-0.39, 0.29) is 5.91 Å². The Hall–Kier alpha value is -1.35. The average Bonchev–Trinajstić information content (AvgIpc) is 3.26. The van der Waals surface area contributed by atoms with E-state index in [0.717, 1.165) is 17.5 Å². The first-order chi connectivity index (χ1) is 9.22. The number of carbonyl (C=O) groups excluding carboxylic acids is 1. The lowest BCUT2D eigenvalue weighted by atomic mass is 10.1. The fraction of sp³-hybridized carbons (Fsp3) is 0.562. The first kappa shape index (κ1) is 12.7. The number of hydrogen-bond acceptors (Lipinski definition) is 2. The molecule has 3 rings (SSSR count). The van der Waals surface area contributed by atoms with Crippen molar-refractivity contribution < 1.29 is 4.79 Å². The second kappa shape index (κ2) is 5.33. The molecule has 0 aliphatic heterocycles. The van der Waals surface area contributed by atoms with Crippen molar-refractivity contribution in [1.82, 2.24) is 5.32 Å². The molecule has 0 heterocycles. The SMILES string of the molecule is Cc1ccc(NC(=O)CNC(C2CC2)C2CC2)cc1. The van der Waals surface area contributed by atoms with E-state index in [1.165, 1.54) is 31.2 Å². The minimum absolute atomic E-state index is 0.0650. The van der Waals surface area contributed by atoms with Crippen molar-refractivity contribution in [3.63, 3.8) is 0 Å². The summed E-state index contributed by atoms with van der Waals surface area (Å²) >= 11 is 0. The monoisotopic (exact) mass is 258 g/mol. The van der Waals surface area contributed by atoms with Crippen LogP contribution in [0.2, 0.25) is 0 Å². The third kappa shape index (κ3) is 3.57. The zero-order valence-electron chi connectivity index (χ0n) is 11.5. The van der Waals surface area contributed by atoms with Crippen LogP contribution in [0.25, 0.3) is 0 Å². The number of rotatable bonds is 6. The van der Waals surface area contributed by atoms with Gasteiger partial charge in [-0.25, -0.2) is 0 Å². The summed E-state index contributed by atoms with van der Waals surface area (Å²) in [5.41, 5.74) is 2.09. The summed E-state index contributed by atoms with van der Waals surface area (Å²) in [4.78, 5) is 11.9. The maximum Gasteiger partial charge on any atom is 0.238 e. The van der Waals surface area contributed by atoms with E-state index in [1.54, 1.807) is 0 Å². The highest BCUT2D eigenvalue weighted by molar-refractivity contribution is 5.92. The lowest BCUT2D eigenvalue weighted by Crippen LogP contribution is -2.38. The smallest absolute Gasteiger partial charge is 0.238 e. The van der Waals surface area contributed by atoms with Gasteiger partial charge in [0.15, 0.2) is 0 Å². The molecule has 2 fully saturated rings. The molecule has 2 N–H and O–H groups in total. The van der Waals surface area contributed by atoms with Crippen LogP contribution in [0.1, 0.15) is 31.2 Å². The Morgan fingerprint density at radius 1 is 1.16 bits per heavy atom. The highest BCUT2D eigenvalue weighted by Gasteiger charge is 2.41. The quantitative estimate of drug-likeness (QED) is 0.823. The summed E-state index contributed by atoms with van der Waals surface area (Å²) in [6.45, 7) is 2.48. The Morgan fingerprint density at radius 2 is 1.74 bits per heavy atom. The van der Waals surface area contributed by atoms with Crippen LogP contribution in [0.3, 0.4) is 0 Å². The van der Waals surface area contributed by atoms with E-state index >= 15 is 0 Å². The Morgan fingerprint density at radius 3 is 2.26 bits per heavy atom. The van der Waals surface area contributed by atoms with Crippen LogP contribution in [-0.2, 0) is 4.79 Å². The molecule has 0 radical (unpaired) electrons. The van der Waals surface area contributed by atoms with Gasteiger partial charge in [0.05, 0.1) is 6.54 Å². The van der Waals surface area contributed by atoms with Crippen molar-refractivity contribution >= 4 is 11.6 Å². The fourth-order valence-corrected chi connectivity index (χ4v) is 2.68. The number of benzene rings is 1. The molecular formula is C16H22N2O. The summed E-state index contributed by atoms with van der Waals surface area (Å²) in [5.74, 6) is 1.73. The van der Waals surface area contributed by atoms with Crippen molar-refractivity contribution in [2.75, 3.05) is 11.9 Å². The molecule has 3 heteroatoms. The van der Waals surface area contributed by atoms with E-state index in [4.69, 9.17) is 0 Å². The van der Waals surface area contributed by atoms with E-state index in [0.29, 0.717) is 12.6 Å². The van der Waals surface area contributed by atoms with Gasteiger partial charge in [0.1, 0.15) is 0 Å². The normalized spacial score (nSPS) is 18.6. The molecule has 0 bridgehead atoms. The molecule has 102 valence electrons. The number of amides is 1. The Kier molecular flexibility index (Phi) is 3.56. The molecule has 1 aromatic carbocycles. The fourth-order valence-electron chi connectivity index (χ4n) is 2.68. The van der Waals surface area contributed by atoms with Crippen molar-refractivity contribution in [2.24, 2.45) is 11.8 Å². The van der Waals surface area contributed by atoms with Crippen LogP contribution in [-0.4, -0.2) is 18.5 Å². The van der Waals surface area contributed by atoms with Crippen molar-refractivity contribution in [3.05, 3.63) is 29.8 Å². The first-order valence-electron chi connectivity index (χ1n) is 7.32. The molecule has 0 aromatic heterocycles. The van der Waals surface area contributed by atoms with Crippen molar-refractivity contribution in [1.29, 1.82) is 0 Å². The van der Waals surface area contributed by atoms with Gasteiger partial charge >= 0.3 is 0 Å². The lowest BCUT2D eigenvalue weighted by Gasteiger charge is -2.17. The Balaban J connectivity index is 1.46. The molecule has 0 saturated heterocycles. The predicted octanol–water partition coefficient (Wildman–Crippen LogP) is 2.71. The third-order valence-electron chi connectivity index (χ3n) is 4.09. The molecule has 2 aliphatic carbocycles. The lowest BCUT2D eigenvalue weighted by molar-refractivity contribution is -0.115. The first-order valence-corrected chi connectivity index (χ1v) is 7.32. The standard InChI is InChI=1S/C16H22N2O/c1-11-2-8-14(9-3-11)18-15(19)10-17-16(12-4-5-12)13-6-7-13/h2-3,8-9,12-13,16-17H,4-7,10H2,1H3,(H,18,19). The molecular weight excluding hydrogens is 236 g/mol. The van der Waals surface area contributed by atoms with Crippen molar-refractivity contribution in [2.45, 2.75) is 38.6 Å². The second-order valence-corrected chi connectivity index (χ2v) is 6.00. The summed E-state index contributed by atoms with van der Waals surface area (Å²) in [7, 11) is 0. The van der Waals surface area contributed by atoms with Crippen LogP contribution in [0.4, 0.5) is 5.69 Å². The number of anilines is 1. The number of carbonyl (C=O) groups is 1. The van der Waals surface area contributed by atoms with Gasteiger partial charge in [0, 0.05) is 11.7 Å². The minimum atomic E-state index is 0.0650. The number of hydrogen-bond donors (Lipinski definition) is 2. The Bertz CT molecular complexity index is 434. The zero-order valence-corrected chi connectivity index (χ0v) is 11.5. The maximum atomic E-state index is 11.9. The van der Waals surface area contributed by atoms with E-state index in [1.807, 2.05) is 31.2 Å². The maximum absolute atomic E-state index is 11.9. The highest BCUT2D eigenvalue weighted by atomic mass is 16.1. The van der Waals surface area contributed by atoms with Crippen LogP contribution < -0.4 is 10.6 Å². The molecule has 0 atom stereocenters. The summed E-state index contributed by atoms with van der Waals surface area (Å²) < 4.78 is 0. The van der Waals surface area contributed by atoms with Gasteiger partial charge in [-0.15, -0.1) is 0 Å². The highest BCUT2D eigenvalue weighted by Crippen LogP contribution is 2.44. The van der Waals surface area contributed by atoms with Crippen LogP contribution in [0.5, 0.6) is 0 Å². The molecule has 1 aromatic rings. The van der Waals surface area contributed by atoms with Crippen molar-refractivity contribution in [3.8, 4) is 0 Å². The van der Waals surface area contributed by atoms with Gasteiger partial charge in [0.25, 0.3) is 0 Å². The topological polar surface area (TPSA) is 41.1 Å². The van der Waals surface area contributed by atoms with Gasteiger partial charge in [-0.05, 0) is 56.6 Å². The largest absolute Gasteiger partial charge is 0.325 e. The second-order valence-electron chi connectivity index (χ2n) is 6.00. The average molecular weight is 258 g/mol. The van der Waals surface area contributed by atoms with Gasteiger partial charge in [-0.3, -0.25) is 4.79 Å². The summed E-state index contributed by atoms with van der Waals surface area (Å²) in [6.07, 6.45) is 5.36. The zero-order chi connectivity index (χ0) is 13.2. The molecule has 2 aliphatic rings. The molecule has 19 heavy (non-hydrogen) atoms. The molecule has 3 nitrogen and oxygen atoms in total.